The molecule has 0 amide bonds. The van der Waals surface area contributed by atoms with Gasteiger partial charge in [0.25, 0.3) is 0 Å². The van der Waals surface area contributed by atoms with Crippen molar-refractivity contribution in [2.75, 3.05) is 13.1 Å². The Kier molecular flexibility index (Phi) is 5.49. The number of aryl methyl sites for hydroxylation is 1. The minimum absolute atomic E-state index is 0.529. The van der Waals surface area contributed by atoms with Crippen molar-refractivity contribution in [1.29, 1.82) is 0 Å². The van der Waals surface area contributed by atoms with E-state index in [1.54, 1.807) is 0 Å². The fourth-order valence-corrected chi connectivity index (χ4v) is 2.56. The van der Waals surface area contributed by atoms with Crippen molar-refractivity contribution in [2.45, 2.75) is 33.1 Å². The molecule has 1 unspecified atom stereocenters. The zero-order chi connectivity index (χ0) is 12.1. The summed E-state index contributed by atoms with van der Waals surface area (Å²) in [7, 11) is 2.00. The second-order valence-electron chi connectivity index (χ2n) is 4.79. The summed E-state index contributed by atoms with van der Waals surface area (Å²) in [6.07, 6.45) is 3.01. The molecule has 1 rings (SSSR count). The Morgan fingerprint density at radius 2 is 2.12 bits per heavy atom. The number of nitrogens with one attached hydrogen (secondary N) is 1. The Bertz CT molecular complexity index is 301. The van der Waals surface area contributed by atoms with Gasteiger partial charge in [-0.15, -0.1) is 0 Å². The Balaban J connectivity index is 2.38. The molecule has 0 aliphatic heterocycles. The summed E-state index contributed by atoms with van der Waals surface area (Å²) in [5.41, 5.74) is 1.28. The summed E-state index contributed by atoms with van der Waals surface area (Å²) < 4.78 is 3.07. The lowest BCUT2D eigenvalue weighted by molar-refractivity contribution is 0.513. The Hall–Kier alpha value is -0.350. The monoisotopic (exact) mass is 287 g/mol. The summed E-state index contributed by atoms with van der Waals surface area (Å²) in [6.45, 7) is 8.87. The molecule has 0 fully saturated rings. The van der Waals surface area contributed by atoms with Gasteiger partial charge in [-0.2, -0.15) is 5.10 Å². The van der Waals surface area contributed by atoms with Crippen LogP contribution >= 0.6 is 15.9 Å². The topological polar surface area (TPSA) is 29.9 Å². The lowest BCUT2D eigenvalue weighted by Gasteiger charge is -2.14. The van der Waals surface area contributed by atoms with Gasteiger partial charge in [0, 0.05) is 13.0 Å². The lowest BCUT2D eigenvalue weighted by atomic mass is 10.0. The number of nitrogens with zero attached hydrogens (tertiary/aromatic N) is 2. The molecule has 1 aromatic rings. The van der Waals surface area contributed by atoms with Gasteiger partial charge < -0.3 is 5.32 Å². The molecule has 3 nitrogen and oxygen atoms in total. The second kappa shape index (κ2) is 6.40. The summed E-state index contributed by atoms with van der Waals surface area (Å²) in [5, 5.41) is 7.71. The first-order chi connectivity index (χ1) is 7.52. The Labute approximate surface area is 107 Å². The molecule has 0 bridgehead atoms. The molecule has 0 radical (unpaired) electrons. The molecule has 1 N–H and O–H groups in total. The number of rotatable bonds is 6. The Morgan fingerprint density at radius 3 is 2.62 bits per heavy atom. The molecular weight excluding hydrogens is 266 g/mol. The first kappa shape index (κ1) is 13.7. The predicted molar refractivity (Wildman–Crippen MR) is 71.6 cm³/mol. The maximum atomic E-state index is 4.24. The van der Waals surface area contributed by atoms with Crippen LogP contribution < -0.4 is 5.32 Å². The zero-order valence-corrected chi connectivity index (χ0v) is 12.2. The van der Waals surface area contributed by atoms with E-state index in [9.17, 15) is 0 Å². The molecule has 0 aromatic carbocycles. The van der Waals surface area contributed by atoms with E-state index >= 15 is 0 Å². The van der Waals surface area contributed by atoms with Gasteiger partial charge in [-0.1, -0.05) is 20.8 Å². The van der Waals surface area contributed by atoms with Crippen LogP contribution in [0.15, 0.2) is 10.7 Å². The third-order valence-corrected chi connectivity index (χ3v) is 3.32. The molecule has 4 heteroatoms. The van der Waals surface area contributed by atoms with Crippen molar-refractivity contribution in [2.24, 2.45) is 13.0 Å². The number of aromatic nitrogens is 2. The summed E-state index contributed by atoms with van der Waals surface area (Å²) >= 11 is 3.55. The van der Waals surface area contributed by atoms with Gasteiger partial charge in [-0.05, 0) is 41.4 Å². The Morgan fingerprint density at radius 1 is 1.44 bits per heavy atom. The molecule has 1 aromatic heterocycles. The molecular formula is C12H22BrN3. The van der Waals surface area contributed by atoms with Crippen LogP contribution in [0.4, 0.5) is 0 Å². The quantitative estimate of drug-likeness (QED) is 0.816. The van der Waals surface area contributed by atoms with Gasteiger partial charge in [0.15, 0.2) is 0 Å². The minimum atomic E-state index is 0.529. The smallest absolute Gasteiger partial charge is 0.0635 e. The van der Waals surface area contributed by atoms with Crippen molar-refractivity contribution >= 4 is 15.9 Å². The number of hydrogen-bond donors (Lipinski definition) is 1. The van der Waals surface area contributed by atoms with Gasteiger partial charge in [-0.3, -0.25) is 4.68 Å². The van der Waals surface area contributed by atoms with Gasteiger partial charge in [-0.25, -0.2) is 0 Å². The predicted octanol–water partition coefficient (Wildman–Crippen LogP) is 2.92. The van der Waals surface area contributed by atoms with E-state index in [0.717, 1.165) is 29.9 Å². The van der Waals surface area contributed by atoms with Crippen LogP contribution in [0.25, 0.3) is 0 Å². The van der Waals surface area contributed by atoms with Crippen molar-refractivity contribution in [3.8, 4) is 0 Å². The highest BCUT2D eigenvalue weighted by Crippen LogP contribution is 2.25. The molecule has 16 heavy (non-hydrogen) atoms. The van der Waals surface area contributed by atoms with Crippen LogP contribution in [0, 0.1) is 5.92 Å². The number of hydrogen-bond acceptors (Lipinski definition) is 2. The molecule has 1 heterocycles. The SMILES string of the molecule is CC(C)CNCCC(C)c1c(Br)cnn1C. The van der Waals surface area contributed by atoms with Crippen LogP contribution in [0.5, 0.6) is 0 Å². The largest absolute Gasteiger partial charge is 0.316 e. The average Bonchev–Trinajstić information content (AvgIpc) is 2.53. The lowest BCUT2D eigenvalue weighted by Crippen LogP contribution is -2.22. The van der Waals surface area contributed by atoms with E-state index in [4.69, 9.17) is 0 Å². The minimum Gasteiger partial charge on any atom is -0.316 e. The summed E-state index contributed by atoms with van der Waals surface area (Å²) in [6, 6.07) is 0. The van der Waals surface area contributed by atoms with E-state index in [1.165, 1.54) is 5.69 Å². The van der Waals surface area contributed by atoms with Crippen molar-refractivity contribution in [3.63, 3.8) is 0 Å². The molecule has 0 aliphatic rings. The van der Waals surface area contributed by atoms with E-state index in [0.29, 0.717) is 5.92 Å². The van der Waals surface area contributed by atoms with Crippen LogP contribution in [-0.4, -0.2) is 22.9 Å². The van der Waals surface area contributed by atoms with Crippen LogP contribution in [0.1, 0.15) is 38.8 Å². The first-order valence-electron chi connectivity index (χ1n) is 5.90. The third kappa shape index (κ3) is 3.91. The van der Waals surface area contributed by atoms with E-state index < -0.39 is 0 Å². The fourth-order valence-electron chi connectivity index (χ4n) is 1.82. The highest BCUT2D eigenvalue weighted by atomic mass is 79.9. The van der Waals surface area contributed by atoms with Crippen LogP contribution in [0.2, 0.25) is 0 Å². The van der Waals surface area contributed by atoms with Crippen LogP contribution in [0.3, 0.4) is 0 Å². The van der Waals surface area contributed by atoms with E-state index in [1.807, 2.05) is 17.9 Å². The average molecular weight is 288 g/mol. The maximum Gasteiger partial charge on any atom is 0.0635 e. The van der Waals surface area contributed by atoms with Gasteiger partial charge in [0.2, 0.25) is 0 Å². The van der Waals surface area contributed by atoms with E-state index in [-0.39, 0.29) is 0 Å². The van der Waals surface area contributed by atoms with Gasteiger partial charge in [0.05, 0.1) is 16.4 Å². The van der Waals surface area contributed by atoms with Gasteiger partial charge >= 0.3 is 0 Å². The molecule has 1 atom stereocenters. The molecule has 0 spiro atoms. The highest BCUT2D eigenvalue weighted by molar-refractivity contribution is 9.10. The zero-order valence-electron chi connectivity index (χ0n) is 10.6. The van der Waals surface area contributed by atoms with Crippen LogP contribution in [-0.2, 0) is 7.05 Å². The molecule has 92 valence electrons. The van der Waals surface area contributed by atoms with Crippen molar-refractivity contribution in [1.82, 2.24) is 15.1 Å². The third-order valence-electron chi connectivity index (χ3n) is 2.71. The highest BCUT2D eigenvalue weighted by Gasteiger charge is 2.13. The summed E-state index contributed by atoms with van der Waals surface area (Å²) in [5.74, 6) is 1.25. The van der Waals surface area contributed by atoms with Gasteiger partial charge in [0.1, 0.15) is 0 Å². The first-order valence-corrected chi connectivity index (χ1v) is 6.69. The normalized spacial score (nSPS) is 13.4. The molecule has 0 aliphatic carbocycles. The maximum absolute atomic E-state index is 4.24. The van der Waals surface area contributed by atoms with Crippen molar-refractivity contribution < 1.29 is 0 Å². The van der Waals surface area contributed by atoms with E-state index in [2.05, 4.69) is 47.1 Å². The summed E-state index contributed by atoms with van der Waals surface area (Å²) in [4.78, 5) is 0. The number of halogens is 1. The van der Waals surface area contributed by atoms with Crippen molar-refractivity contribution in [3.05, 3.63) is 16.4 Å². The second-order valence-corrected chi connectivity index (χ2v) is 5.64. The molecule has 0 saturated carbocycles. The standard InChI is InChI=1S/C12H22BrN3/c1-9(2)7-14-6-5-10(3)12-11(13)8-15-16(12)4/h8-10,14H,5-7H2,1-4H3. The fraction of sp³-hybridized carbons (Fsp3) is 0.750. The molecule has 0 saturated heterocycles.